The molecule has 0 unspecified atom stereocenters. The highest BCUT2D eigenvalue weighted by molar-refractivity contribution is 7.89. The third-order valence-electron chi connectivity index (χ3n) is 4.25. The summed E-state index contributed by atoms with van der Waals surface area (Å²) in [6.45, 7) is 2.06. The van der Waals surface area contributed by atoms with E-state index in [1.807, 2.05) is 0 Å². The van der Waals surface area contributed by atoms with E-state index in [2.05, 4.69) is 15.2 Å². The van der Waals surface area contributed by atoms with Crippen LogP contribution in [-0.4, -0.2) is 37.8 Å². The minimum Gasteiger partial charge on any atom is -0.360 e. The number of hydrogen-bond donors (Lipinski definition) is 2. The molecule has 136 valence electrons. The van der Waals surface area contributed by atoms with Crippen molar-refractivity contribution in [2.45, 2.75) is 51.5 Å². The average molecular weight is 378 g/mol. The van der Waals surface area contributed by atoms with Crippen molar-refractivity contribution in [1.82, 2.24) is 15.2 Å². The number of aromatic nitrogens is 1. The monoisotopic (exact) mass is 377 g/mol. The van der Waals surface area contributed by atoms with Crippen LogP contribution in [0.2, 0.25) is 5.15 Å². The highest BCUT2D eigenvalue weighted by atomic mass is 35.5. The molecule has 2 rings (SSSR count). The molecule has 0 aliphatic heterocycles. The van der Waals surface area contributed by atoms with Crippen LogP contribution >= 0.6 is 11.6 Å². The molecule has 0 radical (unpaired) electrons. The fraction of sp³-hybridized carbons (Fsp3) is 0.733. The van der Waals surface area contributed by atoms with Crippen molar-refractivity contribution in [2.75, 3.05) is 12.3 Å². The van der Waals surface area contributed by atoms with E-state index in [1.54, 1.807) is 13.0 Å². The Morgan fingerprint density at radius 1 is 1.46 bits per heavy atom. The molecule has 7 nitrogen and oxygen atoms in total. The maximum atomic E-state index is 12.0. The molecule has 2 N–H and O–H groups in total. The van der Waals surface area contributed by atoms with E-state index in [9.17, 15) is 13.2 Å². The number of carbonyl (C=O) groups is 1. The van der Waals surface area contributed by atoms with Crippen LogP contribution in [0.25, 0.3) is 0 Å². The zero-order valence-electron chi connectivity index (χ0n) is 13.8. The summed E-state index contributed by atoms with van der Waals surface area (Å²) in [7, 11) is -3.16. The number of nitrogens with zero attached hydrogens (tertiary/aromatic N) is 1. The quantitative estimate of drug-likeness (QED) is 0.720. The molecule has 0 aromatic carbocycles. The molecular weight excluding hydrogens is 354 g/mol. The lowest BCUT2D eigenvalue weighted by Gasteiger charge is -2.29. The van der Waals surface area contributed by atoms with Crippen molar-refractivity contribution < 1.29 is 17.7 Å². The van der Waals surface area contributed by atoms with Crippen LogP contribution in [0.1, 0.15) is 44.8 Å². The summed E-state index contributed by atoms with van der Waals surface area (Å²) in [6, 6.07) is 1.70. The van der Waals surface area contributed by atoms with Gasteiger partial charge in [-0.3, -0.25) is 4.79 Å². The van der Waals surface area contributed by atoms with Gasteiger partial charge in [-0.05, 0) is 32.1 Å². The fourth-order valence-corrected chi connectivity index (χ4v) is 3.75. The van der Waals surface area contributed by atoms with Crippen LogP contribution in [0.3, 0.4) is 0 Å². The lowest BCUT2D eigenvalue weighted by Crippen LogP contribution is -2.41. The maximum Gasteiger partial charge on any atom is 0.220 e. The van der Waals surface area contributed by atoms with Crippen LogP contribution in [0, 0.1) is 5.92 Å². The predicted octanol–water partition coefficient (Wildman–Crippen LogP) is 1.87. The van der Waals surface area contributed by atoms with Crippen molar-refractivity contribution in [3.05, 3.63) is 17.0 Å². The zero-order valence-corrected chi connectivity index (χ0v) is 15.3. The number of rotatable bonds is 8. The summed E-state index contributed by atoms with van der Waals surface area (Å²) < 4.78 is 30.6. The topological polar surface area (TPSA) is 101 Å². The largest absolute Gasteiger partial charge is 0.360 e. The van der Waals surface area contributed by atoms with E-state index in [0.29, 0.717) is 25.1 Å². The van der Waals surface area contributed by atoms with Gasteiger partial charge in [-0.2, -0.15) is 0 Å². The minimum atomic E-state index is -3.16. The van der Waals surface area contributed by atoms with Gasteiger partial charge < -0.3 is 9.84 Å². The average Bonchev–Trinajstić information content (AvgIpc) is 2.97. The lowest BCUT2D eigenvalue weighted by atomic mass is 9.86. The highest BCUT2D eigenvalue weighted by Crippen LogP contribution is 2.24. The summed E-state index contributed by atoms with van der Waals surface area (Å²) in [6.07, 6.45) is 4.46. The van der Waals surface area contributed by atoms with Gasteiger partial charge in [0.2, 0.25) is 15.9 Å². The number of sulfonamides is 1. The first-order chi connectivity index (χ1) is 11.4. The Kier molecular flexibility index (Phi) is 7.06. The van der Waals surface area contributed by atoms with Crippen molar-refractivity contribution in [1.29, 1.82) is 0 Å². The molecule has 1 fully saturated rings. The van der Waals surface area contributed by atoms with E-state index < -0.39 is 10.0 Å². The van der Waals surface area contributed by atoms with Crippen LogP contribution in [0.4, 0.5) is 0 Å². The van der Waals surface area contributed by atoms with Crippen molar-refractivity contribution >= 4 is 27.5 Å². The van der Waals surface area contributed by atoms with Crippen molar-refractivity contribution in [2.24, 2.45) is 5.92 Å². The molecular formula is C15H24ClN3O4S. The van der Waals surface area contributed by atoms with Gasteiger partial charge in [0.1, 0.15) is 5.76 Å². The van der Waals surface area contributed by atoms with E-state index in [1.165, 1.54) is 0 Å². The van der Waals surface area contributed by atoms with Gasteiger partial charge in [-0.1, -0.05) is 23.2 Å². The molecule has 9 heteroatoms. The van der Waals surface area contributed by atoms with Gasteiger partial charge in [0.05, 0.1) is 5.75 Å². The van der Waals surface area contributed by atoms with E-state index in [0.717, 1.165) is 25.7 Å². The Morgan fingerprint density at radius 2 is 2.25 bits per heavy atom. The number of aryl methyl sites for hydroxylation is 1. The SMILES string of the molecule is CCS(=O)(=O)NC[C@@H]1CCC[C@H](NC(=O)CCc2cc(Cl)no2)C1. The highest BCUT2D eigenvalue weighted by Gasteiger charge is 2.24. The van der Waals surface area contributed by atoms with Gasteiger partial charge >= 0.3 is 0 Å². The summed E-state index contributed by atoms with van der Waals surface area (Å²) >= 11 is 5.67. The predicted molar refractivity (Wildman–Crippen MR) is 91.2 cm³/mol. The smallest absolute Gasteiger partial charge is 0.220 e. The Labute approximate surface area is 147 Å². The number of amides is 1. The Hall–Kier alpha value is -1.12. The number of hydrogen-bond acceptors (Lipinski definition) is 5. The van der Waals surface area contributed by atoms with Gasteiger partial charge in [0, 0.05) is 31.5 Å². The summed E-state index contributed by atoms with van der Waals surface area (Å²) in [4.78, 5) is 12.0. The first kappa shape index (κ1) is 19.2. The molecule has 1 aliphatic carbocycles. The normalized spacial score (nSPS) is 21.6. The molecule has 1 heterocycles. The van der Waals surface area contributed by atoms with Crippen LogP contribution < -0.4 is 10.0 Å². The van der Waals surface area contributed by atoms with Gasteiger partial charge in [0.15, 0.2) is 5.15 Å². The van der Waals surface area contributed by atoms with Gasteiger partial charge in [0.25, 0.3) is 0 Å². The standard InChI is InChI=1S/C15H24ClN3O4S/c1-2-24(21,22)17-10-11-4-3-5-12(8-11)18-15(20)7-6-13-9-14(16)19-23-13/h9,11-12,17H,2-8,10H2,1H3,(H,18,20)/t11-,12+/m1/s1. The Bertz CT molecular complexity index is 647. The zero-order chi connectivity index (χ0) is 17.6. The Balaban J connectivity index is 1.72. The van der Waals surface area contributed by atoms with E-state index >= 15 is 0 Å². The maximum absolute atomic E-state index is 12.0. The first-order valence-corrected chi connectivity index (χ1v) is 10.3. The first-order valence-electron chi connectivity index (χ1n) is 8.25. The van der Waals surface area contributed by atoms with E-state index in [-0.39, 0.29) is 28.8 Å². The molecule has 0 bridgehead atoms. The minimum absolute atomic E-state index is 0.0395. The molecule has 2 atom stereocenters. The van der Waals surface area contributed by atoms with Gasteiger partial charge in [-0.25, -0.2) is 13.1 Å². The molecule has 0 spiro atoms. The second-order valence-electron chi connectivity index (χ2n) is 6.16. The number of halogens is 1. The third-order valence-corrected chi connectivity index (χ3v) is 5.79. The number of carbonyl (C=O) groups excluding carboxylic acids is 1. The van der Waals surface area contributed by atoms with E-state index in [4.69, 9.17) is 16.1 Å². The molecule has 0 saturated heterocycles. The molecule has 1 aliphatic rings. The second kappa shape index (κ2) is 8.82. The third kappa shape index (κ3) is 6.41. The van der Waals surface area contributed by atoms with Crippen LogP contribution in [0.15, 0.2) is 10.6 Å². The Morgan fingerprint density at radius 3 is 2.92 bits per heavy atom. The summed E-state index contributed by atoms with van der Waals surface area (Å²) in [5, 5.41) is 6.88. The van der Waals surface area contributed by atoms with Crippen LogP contribution in [-0.2, 0) is 21.2 Å². The second-order valence-corrected chi connectivity index (χ2v) is 8.65. The van der Waals surface area contributed by atoms with Gasteiger partial charge in [-0.15, -0.1) is 0 Å². The fourth-order valence-electron chi connectivity index (χ4n) is 2.90. The molecule has 1 saturated carbocycles. The van der Waals surface area contributed by atoms with Crippen molar-refractivity contribution in [3.8, 4) is 0 Å². The molecule has 1 aromatic heterocycles. The summed E-state index contributed by atoms with van der Waals surface area (Å²) in [5.41, 5.74) is 0. The lowest BCUT2D eigenvalue weighted by molar-refractivity contribution is -0.122. The van der Waals surface area contributed by atoms with Crippen LogP contribution in [0.5, 0.6) is 0 Å². The number of nitrogens with one attached hydrogen (secondary N) is 2. The molecule has 1 amide bonds. The molecule has 1 aromatic rings. The molecule has 24 heavy (non-hydrogen) atoms. The van der Waals surface area contributed by atoms with Crippen molar-refractivity contribution in [3.63, 3.8) is 0 Å². The summed E-state index contributed by atoms with van der Waals surface area (Å²) in [5.74, 6) is 0.900.